The highest BCUT2D eigenvalue weighted by Crippen LogP contribution is 2.34. The van der Waals surface area contributed by atoms with Gasteiger partial charge in [0.2, 0.25) is 0 Å². The Kier molecular flexibility index (Phi) is 8.94. The fourth-order valence-corrected chi connectivity index (χ4v) is 5.21. The minimum absolute atomic E-state index is 0.217. The van der Waals surface area contributed by atoms with Gasteiger partial charge < -0.3 is 19.4 Å². The zero-order chi connectivity index (χ0) is 28.1. The number of benzene rings is 3. The predicted octanol–water partition coefficient (Wildman–Crippen LogP) is 7.71. The Labute approximate surface area is 243 Å². The summed E-state index contributed by atoms with van der Waals surface area (Å²) in [7, 11) is 0. The Bertz CT molecular complexity index is 1510. The molecule has 0 unspecified atom stereocenters. The molecule has 9 heteroatoms. The highest BCUT2D eigenvalue weighted by atomic mass is 35.5. The summed E-state index contributed by atoms with van der Waals surface area (Å²) >= 11 is 12.2. The molecule has 2 heterocycles. The molecule has 1 saturated heterocycles. The van der Waals surface area contributed by atoms with Crippen LogP contribution in [0.2, 0.25) is 10.0 Å². The second-order valence-corrected chi connectivity index (χ2v) is 10.7. The average molecular weight is 581 g/mol. The molecule has 208 valence electrons. The van der Waals surface area contributed by atoms with E-state index in [-0.39, 0.29) is 17.0 Å². The topological polar surface area (TPSA) is 75.0 Å². The highest BCUT2D eigenvalue weighted by molar-refractivity contribution is 6.37. The summed E-state index contributed by atoms with van der Waals surface area (Å²) in [4.78, 5) is 29.3. The Balaban J connectivity index is 1.26. The quantitative estimate of drug-likeness (QED) is 0.216. The zero-order valence-electron chi connectivity index (χ0n) is 22.3. The molecular formula is C31H31Cl2N3O4. The van der Waals surface area contributed by atoms with E-state index in [0.717, 1.165) is 54.6 Å². The number of anilines is 1. The van der Waals surface area contributed by atoms with Crippen molar-refractivity contribution in [2.24, 2.45) is 0 Å². The maximum absolute atomic E-state index is 12.9. The Morgan fingerprint density at radius 3 is 2.55 bits per heavy atom. The van der Waals surface area contributed by atoms with Crippen LogP contribution in [0.15, 0.2) is 71.1 Å². The molecule has 1 fully saturated rings. The molecular weight excluding hydrogens is 549 g/mol. The van der Waals surface area contributed by atoms with Gasteiger partial charge in [-0.15, -0.1) is 0 Å². The maximum atomic E-state index is 12.9. The SMILES string of the molecule is CCCCOC(=O)N1CCN(Cc2ccc3cc(-c4ccccc4NC(=O)c4ccc(Cl)cc4Cl)oc3c2)CC1. The largest absolute Gasteiger partial charge is 0.456 e. The first-order valence-electron chi connectivity index (χ1n) is 13.4. The third-order valence-corrected chi connectivity index (χ3v) is 7.51. The lowest BCUT2D eigenvalue weighted by atomic mass is 10.1. The fraction of sp³-hybridized carbons (Fsp3) is 0.290. The smallest absolute Gasteiger partial charge is 0.409 e. The van der Waals surface area contributed by atoms with Crippen LogP contribution >= 0.6 is 23.2 Å². The minimum atomic E-state index is -0.332. The molecule has 5 rings (SSSR count). The number of hydrogen-bond donors (Lipinski definition) is 1. The Morgan fingerprint density at radius 2 is 1.77 bits per heavy atom. The molecule has 1 N–H and O–H groups in total. The molecule has 1 aliphatic rings. The number of halogens is 2. The van der Waals surface area contributed by atoms with Crippen LogP contribution in [0.5, 0.6) is 0 Å². The standard InChI is InChI=1S/C31H31Cl2N3O4/c1-2-3-16-39-31(38)36-14-12-35(13-15-36)20-21-8-9-22-18-29(40-28(22)17-21)25-6-4-5-7-27(25)34-30(37)24-11-10-23(32)19-26(24)33/h4-11,17-19H,2-3,12-16,20H2,1H3,(H,34,37). The van der Waals surface area contributed by atoms with Crippen molar-refractivity contribution >= 4 is 51.9 Å². The first-order chi connectivity index (χ1) is 19.4. The Morgan fingerprint density at radius 1 is 0.975 bits per heavy atom. The molecule has 0 aliphatic carbocycles. The number of piperazine rings is 1. The van der Waals surface area contributed by atoms with Crippen molar-refractivity contribution in [1.82, 2.24) is 9.80 Å². The van der Waals surface area contributed by atoms with E-state index < -0.39 is 0 Å². The van der Waals surface area contributed by atoms with Crippen molar-refractivity contribution in [3.05, 3.63) is 87.9 Å². The second kappa shape index (κ2) is 12.8. The van der Waals surface area contributed by atoms with Gasteiger partial charge in [-0.25, -0.2) is 4.79 Å². The molecule has 0 atom stereocenters. The van der Waals surface area contributed by atoms with E-state index in [1.54, 1.807) is 23.1 Å². The number of fused-ring (bicyclic) bond motifs is 1. The normalized spacial score (nSPS) is 13.9. The van der Waals surface area contributed by atoms with Crippen LogP contribution in [0.4, 0.5) is 10.5 Å². The number of nitrogens with one attached hydrogen (secondary N) is 1. The number of amides is 2. The van der Waals surface area contributed by atoms with Crippen molar-refractivity contribution in [1.29, 1.82) is 0 Å². The van der Waals surface area contributed by atoms with Gasteiger partial charge in [0.1, 0.15) is 11.3 Å². The predicted molar refractivity (Wildman–Crippen MR) is 159 cm³/mol. The van der Waals surface area contributed by atoms with Gasteiger partial charge in [0.05, 0.1) is 22.9 Å². The molecule has 3 aromatic carbocycles. The van der Waals surface area contributed by atoms with E-state index in [0.29, 0.717) is 41.7 Å². The summed E-state index contributed by atoms with van der Waals surface area (Å²) in [5.41, 5.74) is 3.62. The first kappa shape index (κ1) is 28.0. The average Bonchev–Trinajstić information content (AvgIpc) is 3.37. The van der Waals surface area contributed by atoms with Crippen LogP contribution in [0.1, 0.15) is 35.7 Å². The lowest BCUT2D eigenvalue weighted by molar-refractivity contribution is 0.0737. The van der Waals surface area contributed by atoms with E-state index >= 15 is 0 Å². The Hall–Kier alpha value is -3.52. The third-order valence-electron chi connectivity index (χ3n) is 6.96. The monoisotopic (exact) mass is 579 g/mol. The van der Waals surface area contributed by atoms with Crippen LogP contribution in [-0.2, 0) is 11.3 Å². The molecule has 0 radical (unpaired) electrons. The van der Waals surface area contributed by atoms with Crippen molar-refractivity contribution in [2.45, 2.75) is 26.3 Å². The number of para-hydroxylation sites is 1. The zero-order valence-corrected chi connectivity index (χ0v) is 23.8. The van der Waals surface area contributed by atoms with E-state index in [1.165, 1.54) is 0 Å². The van der Waals surface area contributed by atoms with E-state index in [2.05, 4.69) is 29.3 Å². The molecule has 1 aromatic heterocycles. The van der Waals surface area contributed by atoms with Crippen molar-refractivity contribution < 1.29 is 18.7 Å². The number of furan rings is 1. The molecule has 0 bridgehead atoms. The number of nitrogens with zero attached hydrogens (tertiary/aromatic N) is 2. The lowest BCUT2D eigenvalue weighted by Gasteiger charge is -2.34. The fourth-order valence-electron chi connectivity index (χ4n) is 4.72. The van der Waals surface area contributed by atoms with Gasteiger partial charge in [0.25, 0.3) is 5.91 Å². The second-order valence-electron chi connectivity index (χ2n) is 9.84. The van der Waals surface area contributed by atoms with Crippen LogP contribution in [-0.4, -0.2) is 54.6 Å². The van der Waals surface area contributed by atoms with Gasteiger partial charge in [-0.2, -0.15) is 0 Å². The highest BCUT2D eigenvalue weighted by Gasteiger charge is 2.22. The summed E-state index contributed by atoms with van der Waals surface area (Å²) < 4.78 is 11.6. The van der Waals surface area contributed by atoms with Crippen LogP contribution in [0.25, 0.3) is 22.3 Å². The van der Waals surface area contributed by atoms with Gasteiger partial charge in [-0.3, -0.25) is 9.69 Å². The number of unbranched alkanes of at least 4 members (excludes halogenated alkanes) is 1. The van der Waals surface area contributed by atoms with Gasteiger partial charge in [-0.05, 0) is 54.4 Å². The molecule has 4 aromatic rings. The molecule has 40 heavy (non-hydrogen) atoms. The van der Waals surface area contributed by atoms with Crippen LogP contribution < -0.4 is 5.32 Å². The third kappa shape index (κ3) is 6.61. The summed E-state index contributed by atoms with van der Waals surface area (Å²) in [6, 6.07) is 20.4. The molecule has 7 nitrogen and oxygen atoms in total. The van der Waals surface area contributed by atoms with Crippen molar-refractivity contribution in [2.75, 3.05) is 38.1 Å². The molecule has 2 amide bonds. The minimum Gasteiger partial charge on any atom is -0.456 e. The van der Waals surface area contributed by atoms with Gasteiger partial charge in [0, 0.05) is 48.7 Å². The maximum Gasteiger partial charge on any atom is 0.409 e. The van der Waals surface area contributed by atoms with Gasteiger partial charge >= 0.3 is 6.09 Å². The van der Waals surface area contributed by atoms with Crippen LogP contribution in [0, 0.1) is 0 Å². The van der Waals surface area contributed by atoms with Crippen molar-refractivity contribution in [3.63, 3.8) is 0 Å². The summed E-state index contributed by atoms with van der Waals surface area (Å²) in [6.07, 6.45) is 1.68. The van der Waals surface area contributed by atoms with Crippen molar-refractivity contribution in [3.8, 4) is 11.3 Å². The van der Waals surface area contributed by atoms with E-state index in [4.69, 9.17) is 32.4 Å². The molecule has 0 spiro atoms. The van der Waals surface area contributed by atoms with Crippen LogP contribution in [0.3, 0.4) is 0 Å². The number of rotatable bonds is 8. The number of ether oxygens (including phenoxy) is 1. The van der Waals surface area contributed by atoms with E-state index in [9.17, 15) is 9.59 Å². The molecule has 0 saturated carbocycles. The summed E-state index contributed by atoms with van der Waals surface area (Å²) in [6.45, 7) is 6.20. The lowest BCUT2D eigenvalue weighted by Crippen LogP contribution is -2.48. The van der Waals surface area contributed by atoms with Gasteiger partial charge in [-0.1, -0.05) is 60.8 Å². The van der Waals surface area contributed by atoms with Gasteiger partial charge in [0.15, 0.2) is 0 Å². The summed E-state index contributed by atoms with van der Waals surface area (Å²) in [5.74, 6) is 0.322. The number of carbonyl (C=O) groups excluding carboxylic acids is 2. The number of carbonyl (C=O) groups is 2. The number of hydrogen-bond acceptors (Lipinski definition) is 5. The summed E-state index contributed by atoms with van der Waals surface area (Å²) in [5, 5.41) is 4.67. The first-order valence-corrected chi connectivity index (χ1v) is 14.2. The van der Waals surface area contributed by atoms with E-state index in [1.807, 2.05) is 36.4 Å². The molecule has 1 aliphatic heterocycles.